The molecule has 1 atom stereocenters. The lowest BCUT2D eigenvalue weighted by molar-refractivity contribution is -0.153. The van der Waals surface area contributed by atoms with Gasteiger partial charge in [-0.25, -0.2) is 17.6 Å². The molecule has 0 aliphatic rings. The standard InChI is InChI=1S/C12H10F8N2O.C12H9F/c13-6-1-5(11(16,17)10(14)15)2-7(3-6)22-9(23)4-8(21)12(18,19)20;13-12-8-6-11(7-9-12)10-4-2-1-3-5-10/h1-3,8,10H,4,21H2,(H,22,23);1-9H. The van der Waals surface area contributed by atoms with Crippen molar-refractivity contribution < 1.29 is 44.3 Å². The van der Waals surface area contributed by atoms with Gasteiger partial charge in [0.25, 0.3) is 0 Å². The second-order valence-electron chi connectivity index (χ2n) is 7.43. The van der Waals surface area contributed by atoms with Crippen LogP contribution in [0.4, 0.5) is 45.2 Å². The zero-order valence-corrected chi connectivity index (χ0v) is 18.2. The maximum Gasteiger partial charge on any atom is 0.404 e. The van der Waals surface area contributed by atoms with Crippen LogP contribution in [0.25, 0.3) is 11.1 Å². The first-order chi connectivity index (χ1) is 16.7. The Balaban J connectivity index is 0.000000293. The number of carbonyl (C=O) groups excluding carboxylic acids is 1. The first-order valence-corrected chi connectivity index (χ1v) is 10.1. The Morgan fingerprint density at radius 1 is 0.806 bits per heavy atom. The van der Waals surface area contributed by atoms with Crippen LogP contribution in [-0.4, -0.2) is 24.6 Å². The van der Waals surface area contributed by atoms with Gasteiger partial charge in [0.2, 0.25) is 5.91 Å². The van der Waals surface area contributed by atoms with Crippen molar-refractivity contribution >= 4 is 11.6 Å². The first kappa shape index (κ1) is 28.7. The van der Waals surface area contributed by atoms with Gasteiger partial charge in [-0.2, -0.15) is 22.0 Å². The van der Waals surface area contributed by atoms with Crippen LogP contribution in [0.1, 0.15) is 12.0 Å². The molecule has 194 valence electrons. The maximum absolute atomic E-state index is 13.2. The number of hydrogen-bond donors (Lipinski definition) is 2. The Morgan fingerprint density at radius 3 is 1.89 bits per heavy atom. The molecular weight excluding hydrogens is 503 g/mol. The number of amides is 1. The summed E-state index contributed by atoms with van der Waals surface area (Å²) in [4.78, 5) is 11.3. The highest BCUT2D eigenvalue weighted by Gasteiger charge is 2.43. The summed E-state index contributed by atoms with van der Waals surface area (Å²) in [5.41, 5.74) is 4.73. The number of benzene rings is 3. The molecule has 3 rings (SSSR count). The molecule has 0 fully saturated rings. The highest BCUT2D eigenvalue weighted by Crippen LogP contribution is 2.36. The molecule has 0 saturated carbocycles. The molecule has 3 aromatic carbocycles. The number of halogens is 9. The van der Waals surface area contributed by atoms with E-state index in [1.54, 1.807) is 17.4 Å². The largest absolute Gasteiger partial charge is 0.404 e. The zero-order valence-electron chi connectivity index (χ0n) is 18.2. The average Bonchev–Trinajstić information content (AvgIpc) is 2.79. The van der Waals surface area contributed by atoms with Gasteiger partial charge in [0.15, 0.2) is 0 Å². The molecule has 0 radical (unpaired) electrons. The van der Waals surface area contributed by atoms with E-state index in [0.717, 1.165) is 11.1 Å². The van der Waals surface area contributed by atoms with Crippen molar-refractivity contribution in [2.24, 2.45) is 5.73 Å². The minimum atomic E-state index is -4.87. The smallest absolute Gasteiger partial charge is 0.326 e. The van der Waals surface area contributed by atoms with E-state index in [9.17, 15) is 44.3 Å². The predicted molar refractivity (Wildman–Crippen MR) is 115 cm³/mol. The highest BCUT2D eigenvalue weighted by atomic mass is 19.4. The van der Waals surface area contributed by atoms with Gasteiger partial charge in [0.05, 0.1) is 6.42 Å². The summed E-state index contributed by atoms with van der Waals surface area (Å²) in [5.74, 6) is -7.60. The summed E-state index contributed by atoms with van der Waals surface area (Å²) < 4.78 is 113. The number of hydrogen-bond acceptors (Lipinski definition) is 2. The fourth-order valence-electron chi connectivity index (χ4n) is 2.78. The molecular formula is C24H19F9N2O. The molecule has 0 aromatic heterocycles. The highest BCUT2D eigenvalue weighted by molar-refractivity contribution is 5.91. The summed E-state index contributed by atoms with van der Waals surface area (Å²) in [6, 6.07) is 14.9. The predicted octanol–water partition coefficient (Wildman–Crippen LogP) is 6.89. The summed E-state index contributed by atoms with van der Waals surface area (Å²) in [5, 5.41) is 1.70. The molecule has 36 heavy (non-hydrogen) atoms. The van der Waals surface area contributed by atoms with E-state index in [-0.39, 0.29) is 11.9 Å². The van der Waals surface area contributed by atoms with Gasteiger partial charge in [0.1, 0.15) is 17.7 Å². The summed E-state index contributed by atoms with van der Waals surface area (Å²) >= 11 is 0. The van der Waals surface area contributed by atoms with E-state index in [0.29, 0.717) is 12.1 Å². The van der Waals surface area contributed by atoms with Gasteiger partial charge in [-0.1, -0.05) is 42.5 Å². The third-order valence-electron chi connectivity index (χ3n) is 4.62. The van der Waals surface area contributed by atoms with Gasteiger partial charge in [-0.3, -0.25) is 4.79 Å². The SMILES string of the molecule is Fc1ccc(-c2ccccc2)cc1.NC(CC(=O)Nc1cc(F)cc(C(F)(F)C(F)F)c1)C(F)(F)F. The maximum atomic E-state index is 13.2. The van der Waals surface area contributed by atoms with Crippen LogP contribution in [0.3, 0.4) is 0 Å². The lowest BCUT2D eigenvalue weighted by Crippen LogP contribution is -2.40. The van der Waals surface area contributed by atoms with E-state index < -0.39 is 54.0 Å². The van der Waals surface area contributed by atoms with Gasteiger partial charge >= 0.3 is 18.5 Å². The van der Waals surface area contributed by atoms with E-state index in [2.05, 4.69) is 0 Å². The molecule has 0 aliphatic carbocycles. The summed E-state index contributed by atoms with van der Waals surface area (Å²) in [6.07, 6.45) is -10.3. The summed E-state index contributed by atoms with van der Waals surface area (Å²) in [7, 11) is 0. The minimum absolute atomic E-state index is 0.128. The van der Waals surface area contributed by atoms with E-state index in [1.165, 1.54) is 12.1 Å². The Labute approximate surface area is 199 Å². The molecule has 0 bridgehead atoms. The number of anilines is 1. The van der Waals surface area contributed by atoms with Crippen LogP contribution < -0.4 is 11.1 Å². The number of rotatable bonds is 6. The van der Waals surface area contributed by atoms with Crippen LogP contribution in [0, 0.1) is 11.6 Å². The van der Waals surface area contributed by atoms with Gasteiger partial charge in [-0.15, -0.1) is 0 Å². The molecule has 0 aliphatic heterocycles. The molecule has 0 saturated heterocycles. The fourth-order valence-corrected chi connectivity index (χ4v) is 2.78. The molecule has 3 aromatic rings. The number of nitrogens with two attached hydrogens (primary N) is 1. The van der Waals surface area contributed by atoms with E-state index in [4.69, 9.17) is 5.73 Å². The second-order valence-corrected chi connectivity index (χ2v) is 7.43. The monoisotopic (exact) mass is 522 g/mol. The second kappa shape index (κ2) is 11.9. The van der Waals surface area contributed by atoms with Crippen molar-refractivity contribution in [2.75, 3.05) is 5.32 Å². The quantitative estimate of drug-likeness (QED) is 0.347. The molecule has 1 unspecified atom stereocenters. The van der Waals surface area contributed by atoms with Crippen molar-refractivity contribution in [1.29, 1.82) is 0 Å². The molecule has 12 heteroatoms. The summed E-state index contributed by atoms with van der Waals surface area (Å²) in [6.45, 7) is 0. The molecule has 3 N–H and O–H groups in total. The Hall–Kier alpha value is -3.54. The van der Waals surface area contributed by atoms with Crippen LogP contribution >= 0.6 is 0 Å². The minimum Gasteiger partial charge on any atom is -0.326 e. The Bertz CT molecular complexity index is 1130. The van der Waals surface area contributed by atoms with Crippen molar-refractivity contribution in [3.8, 4) is 11.1 Å². The first-order valence-electron chi connectivity index (χ1n) is 10.1. The van der Waals surface area contributed by atoms with Crippen molar-refractivity contribution in [3.05, 3.63) is 90.0 Å². The van der Waals surface area contributed by atoms with Gasteiger partial charge in [-0.05, 0) is 41.5 Å². The topological polar surface area (TPSA) is 55.1 Å². The lowest BCUT2D eigenvalue weighted by Gasteiger charge is -2.18. The van der Waals surface area contributed by atoms with Gasteiger partial charge < -0.3 is 11.1 Å². The number of carbonyl (C=O) groups is 1. The number of nitrogens with one attached hydrogen (secondary N) is 1. The van der Waals surface area contributed by atoms with Crippen LogP contribution in [0.2, 0.25) is 0 Å². The fraction of sp³-hybridized carbons (Fsp3) is 0.208. The normalized spacial score (nSPS) is 12.5. The van der Waals surface area contributed by atoms with Crippen molar-refractivity contribution in [2.45, 2.75) is 31.0 Å². The van der Waals surface area contributed by atoms with Crippen molar-refractivity contribution in [3.63, 3.8) is 0 Å². The van der Waals surface area contributed by atoms with E-state index >= 15 is 0 Å². The van der Waals surface area contributed by atoms with Gasteiger partial charge in [0, 0.05) is 11.3 Å². The average molecular weight is 522 g/mol. The zero-order chi connectivity index (χ0) is 27.1. The number of alkyl halides is 7. The van der Waals surface area contributed by atoms with Crippen LogP contribution in [-0.2, 0) is 10.7 Å². The van der Waals surface area contributed by atoms with Crippen molar-refractivity contribution in [1.82, 2.24) is 0 Å². The van der Waals surface area contributed by atoms with Crippen LogP contribution in [0.15, 0.2) is 72.8 Å². The Kier molecular flexibility index (Phi) is 9.51. The molecule has 0 heterocycles. The van der Waals surface area contributed by atoms with Crippen LogP contribution in [0.5, 0.6) is 0 Å². The Morgan fingerprint density at radius 2 is 1.36 bits per heavy atom. The lowest BCUT2D eigenvalue weighted by atomic mass is 10.1. The third kappa shape index (κ3) is 8.29. The molecule has 1 amide bonds. The third-order valence-corrected chi connectivity index (χ3v) is 4.62. The molecule has 0 spiro atoms. The van der Waals surface area contributed by atoms with E-state index in [1.807, 2.05) is 30.3 Å². The molecule has 3 nitrogen and oxygen atoms in total.